The second-order valence-corrected chi connectivity index (χ2v) is 6.81. The third-order valence-corrected chi connectivity index (χ3v) is 5.06. The fraction of sp³-hybridized carbons (Fsp3) is 0.0833. The van der Waals surface area contributed by atoms with Crippen molar-refractivity contribution >= 4 is 49.1 Å². The van der Waals surface area contributed by atoms with Crippen molar-refractivity contribution in [2.24, 2.45) is 0 Å². The first kappa shape index (κ1) is 15.1. The van der Waals surface area contributed by atoms with Gasteiger partial charge in [-0.1, -0.05) is 11.6 Å². The maximum absolute atomic E-state index is 12.3. The summed E-state index contributed by atoms with van der Waals surface area (Å²) in [5, 5.41) is 3.30. The highest BCUT2D eigenvalue weighted by atomic mass is 79.9. The van der Waals surface area contributed by atoms with Crippen molar-refractivity contribution in [1.82, 2.24) is 4.98 Å². The van der Waals surface area contributed by atoms with Gasteiger partial charge in [0.15, 0.2) is 0 Å². The second-order valence-electron chi connectivity index (χ2n) is 3.86. The van der Waals surface area contributed by atoms with Gasteiger partial charge in [-0.3, -0.25) is 4.72 Å². The molecule has 2 rings (SSSR count). The van der Waals surface area contributed by atoms with E-state index in [9.17, 15) is 8.42 Å². The number of hydrogen-bond acceptors (Lipinski definition) is 4. The minimum atomic E-state index is -3.67. The Morgan fingerprint density at radius 1 is 1.25 bits per heavy atom. The molecule has 0 radical (unpaired) electrons. The fourth-order valence-electron chi connectivity index (χ4n) is 1.49. The van der Waals surface area contributed by atoms with E-state index in [4.69, 9.17) is 11.6 Å². The molecule has 0 bridgehead atoms. The van der Waals surface area contributed by atoms with Crippen molar-refractivity contribution < 1.29 is 8.42 Å². The van der Waals surface area contributed by atoms with Crippen LogP contribution < -0.4 is 10.0 Å². The molecule has 1 aromatic carbocycles. The van der Waals surface area contributed by atoms with Crippen LogP contribution in [0.1, 0.15) is 0 Å². The quantitative estimate of drug-likeness (QED) is 0.858. The van der Waals surface area contributed by atoms with Crippen LogP contribution in [0.3, 0.4) is 0 Å². The maximum atomic E-state index is 12.3. The number of anilines is 2. The largest absolute Gasteiger partial charge is 0.373 e. The SMILES string of the molecule is CNc1cc(S(=O)(=O)Nc2ccc(Cl)c(Br)c2)ccn1. The van der Waals surface area contributed by atoms with E-state index >= 15 is 0 Å². The van der Waals surface area contributed by atoms with Gasteiger partial charge in [-0.2, -0.15) is 0 Å². The first-order chi connectivity index (χ1) is 9.42. The Bertz CT molecular complexity index is 737. The van der Waals surface area contributed by atoms with Gasteiger partial charge in [-0.05, 0) is 40.2 Å². The lowest BCUT2D eigenvalue weighted by molar-refractivity contribution is 0.601. The molecule has 0 unspecified atom stereocenters. The molecule has 2 aromatic rings. The van der Waals surface area contributed by atoms with E-state index in [2.05, 4.69) is 31.0 Å². The van der Waals surface area contributed by atoms with Gasteiger partial charge in [0.2, 0.25) is 0 Å². The summed E-state index contributed by atoms with van der Waals surface area (Å²) >= 11 is 9.11. The Balaban J connectivity index is 2.32. The molecule has 1 aromatic heterocycles. The molecular weight excluding hydrogens is 366 g/mol. The van der Waals surface area contributed by atoms with Gasteiger partial charge in [0.1, 0.15) is 5.82 Å². The Hall–Kier alpha value is -1.31. The van der Waals surface area contributed by atoms with Gasteiger partial charge in [0, 0.05) is 23.8 Å². The van der Waals surface area contributed by atoms with Crippen molar-refractivity contribution in [3.05, 3.63) is 46.0 Å². The van der Waals surface area contributed by atoms with E-state index in [1.165, 1.54) is 18.3 Å². The summed E-state index contributed by atoms with van der Waals surface area (Å²) in [5.41, 5.74) is 0.420. The van der Waals surface area contributed by atoms with Crippen LogP contribution in [0, 0.1) is 0 Å². The number of aromatic nitrogens is 1. The third-order valence-electron chi connectivity index (χ3n) is 2.47. The molecule has 106 valence electrons. The van der Waals surface area contributed by atoms with Crippen molar-refractivity contribution in [1.29, 1.82) is 0 Å². The molecule has 0 atom stereocenters. The zero-order valence-electron chi connectivity index (χ0n) is 10.4. The van der Waals surface area contributed by atoms with Crippen LogP contribution in [0.25, 0.3) is 0 Å². The Morgan fingerprint density at radius 3 is 2.65 bits per heavy atom. The van der Waals surface area contributed by atoms with Crippen molar-refractivity contribution in [3.63, 3.8) is 0 Å². The monoisotopic (exact) mass is 375 g/mol. The second kappa shape index (κ2) is 5.99. The molecule has 0 aliphatic carbocycles. The van der Waals surface area contributed by atoms with Crippen LogP contribution in [0.5, 0.6) is 0 Å². The van der Waals surface area contributed by atoms with Gasteiger partial charge in [0.25, 0.3) is 10.0 Å². The predicted molar refractivity (Wildman–Crippen MR) is 83.7 cm³/mol. The first-order valence-corrected chi connectivity index (χ1v) is 8.19. The summed E-state index contributed by atoms with van der Waals surface area (Å²) in [6, 6.07) is 7.67. The average molecular weight is 377 g/mol. The van der Waals surface area contributed by atoms with Crippen LogP contribution in [-0.2, 0) is 10.0 Å². The third kappa shape index (κ3) is 3.41. The van der Waals surface area contributed by atoms with Crippen LogP contribution in [0.4, 0.5) is 11.5 Å². The van der Waals surface area contributed by atoms with E-state index in [1.54, 1.807) is 25.2 Å². The standard InChI is InChI=1S/C12H11BrClN3O2S/c1-15-12-7-9(4-5-16-12)20(18,19)17-8-2-3-11(14)10(13)6-8/h2-7,17H,1H3,(H,15,16). The van der Waals surface area contributed by atoms with Gasteiger partial charge in [0.05, 0.1) is 15.6 Å². The number of benzene rings is 1. The lowest BCUT2D eigenvalue weighted by Gasteiger charge is -2.09. The molecule has 0 aliphatic rings. The van der Waals surface area contributed by atoms with Crippen molar-refractivity contribution in [2.45, 2.75) is 4.90 Å². The van der Waals surface area contributed by atoms with Gasteiger partial charge in [-0.15, -0.1) is 0 Å². The molecule has 0 saturated heterocycles. The lowest BCUT2D eigenvalue weighted by Crippen LogP contribution is -2.13. The summed E-state index contributed by atoms with van der Waals surface area (Å²) in [7, 11) is -2.00. The number of pyridine rings is 1. The van der Waals surface area contributed by atoms with Gasteiger partial charge >= 0.3 is 0 Å². The van der Waals surface area contributed by atoms with Crippen LogP contribution in [0.15, 0.2) is 45.9 Å². The first-order valence-electron chi connectivity index (χ1n) is 5.54. The van der Waals surface area contributed by atoms with Crippen LogP contribution in [-0.4, -0.2) is 20.4 Å². The number of hydrogen-bond donors (Lipinski definition) is 2. The predicted octanol–water partition coefficient (Wildman–Crippen LogP) is 3.34. The lowest BCUT2D eigenvalue weighted by atomic mass is 10.3. The van der Waals surface area contributed by atoms with E-state index in [1.807, 2.05) is 0 Å². The van der Waals surface area contributed by atoms with Crippen molar-refractivity contribution in [2.75, 3.05) is 17.1 Å². The Kier molecular flexibility index (Phi) is 4.52. The van der Waals surface area contributed by atoms with E-state index in [-0.39, 0.29) is 4.90 Å². The minimum Gasteiger partial charge on any atom is -0.373 e. The number of nitrogens with one attached hydrogen (secondary N) is 2. The normalized spacial score (nSPS) is 11.2. The molecule has 2 N–H and O–H groups in total. The maximum Gasteiger partial charge on any atom is 0.262 e. The highest BCUT2D eigenvalue weighted by molar-refractivity contribution is 9.10. The van der Waals surface area contributed by atoms with E-state index < -0.39 is 10.0 Å². The molecule has 0 amide bonds. The number of sulfonamides is 1. The Labute approximate surface area is 130 Å². The Morgan fingerprint density at radius 2 is 2.00 bits per heavy atom. The van der Waals surface area contributed by atoms with Gasteiger partial charge < -0.3 is 5.32 Å². The molecule has 0 fully saturated rings. The zero-order valence-corrected chi connectivity index (χ0v) is 13.6. The average Bonchev–Trinajstić information content (AvgIpc) is 2.43. The van der Waals surface area contributed by atoms with E-state index in [0.717, 1.165) is 0 Å². The molecule has 0 saturated carbocycles. The topological polar surface area (TPSA) is 71.1 Å². The molecule has 8 heteroatoms. The molecule has 1 heterocycles. The minimum absolute atomic E-state index is 0.128. The zero-order chi connectivity index (χ0) is 14.8. The molecule has 0 spiro atoms. The highest BCUT2D eigenvalue weighted by Gasteiger charge is 2.15. The summed E-state index contributed by atoms with van der Waals surface area (Å²) in [4.78, 5) is 4.10. The fourth-order valence-corrected chi connectivity index (χ4v) is 3.05. The number of halogens is 2. The van der Waals surface area contributed by atoms with E-state index in [0.29, 0.717) is 21.0 Å². The summed E-state index contributed by atoms with van der Waals surface area (Å²) in [6.07, 6.45) is 1.43. The highest BCUT2D eigenvalue weighted by Crippen LogP contribution is 2.27. The summed E-state index contributed by atoms with van der Waals surface area (Å²) in [5.74, 6) is 0.477. The summed E-state index contributed by atoms with van der Waals surface area (Å²) in [6.45, 7) is 0. The van der Waals surface area contributed by atoms with Crippen LogP contribution in [0.2, 0.25) is 5.02 Å². The number of rotatable bonds is 4. The molecule has 5 nitrogen and oxygen atoms in total. The molecular formula is C12H11BrClN3O2S. The smallest absolute Gasteiger partial charge is 0.262 e. The van der Waals surface area contributed by atoms with Crippen LogP contribution >= 0.6 is 27.5 Å². The van der Waals surface area contributed by atoms with Crippen molar-refractivity contribution in [3.8, 4) is 0 Å². The summed E-state index contributed by atoms with van der Waals surface area (Å²) < 4.78 is 27.6. The van der Waals surface area contributed by atoms with Gasteiger partial charge in [-0.25, -0.2) is 13.4 Å². The molecule has 0 aliphatic heterocycles. The number of nitrogens with zero attached hydrogens (tertiary/aromatic N) is 1. The molecule has 20 heavy (non-hydrogen) atoms.